The Bertz CT molecular complexity index is 428. The topological polar surface area (TPSA) is 91.3 Å². The van der Waals surface area contributed by atoms with E-state index in [1.54, 1.807) is 12.1 Å². The van der Waals surface area contributed by atoms with Crippen LogP contribution in [-0.4, -0.2) is 10.0 Å². The Labute approximate surface area is 96.3 Å². The molecule has 84 valence electrons. The van der Waals surface area contributed by atoms with Crippen molar-refractivity contribution in [3.05, 3.63) is 39.9 Å². The molecular weight excluding hydrogens is 230 g/mol. The van der Waals surface area contributed by atoms with Crippen molar-refractivity contribution in [3.63, 3.8) is 0 Å². The molecule has 1 aromatic carbocycles. The van der Waals surface area contributed by atoms with Crippen LogP contribution in [0.4, 0.5) is 5.69 Å². The maximum atomic E-state index is 10.6. The molecule has 0 saturated carbocycles. The van der Waals surface area contributed by atoms with E-state index < -0.39 is 4.92 Å². The maximum absolute atomic E-state index is 10.6. The summed E-state index contributed by atoms with van der Waals surface area (Å²) >= 11 is 4.82. The van der Waals surface area contributed by atoms with Crippen LogP contribution >= 0.6 is 12.2 Å². The third-order valence-electron chi connectivity index (χ3n) is 2.07. The molecule has 0 unspecified atom stereocenters. The molecule has 1 aromatic rings. The number of nitrogens with one attached hydrogen (secondary N) is 4. The van der Waals surface area contributed by atoms with Crippen LogP contribution in [0.2, 0.25) is 0 Å². The Morgan fingerprint density at radius 2 is 2.00 bits per heavy atom. The summed E-state index contributed by atoms with van der Waals surface area (Å²) in [5, 5.41) is 11.0. The summed E-state index contributed by atoms with van der Waals surface area (Å²) in [4.78, 5) is 10.2. The first-order chi connectivity index (χ1) is 7.66. The van der Waals surface area contributed by atoms with Crippen LogP contribution in [0.1, 0.15) is 11.7 Å². The van der Waals surface area contributed by atoms with Crippen molar-refractivity contribution in [2.75, 3.05) is 0 Å². The molecule has 0 atom stereocenters. The van der Waals surface area contributed by atoms with Crippen LogP contribution in [0.15, 0.2) is 24.3 Å². The van der Waals surface area contributed by atoms with E-state index in [1.807, 2.05) is 0 Å². The number of rotatable bonds is 2. The second-order valence-corrected chi connectivity index (χ2v) is 3.56. The third kappa shape index (κ3) is 2.24. The normalized spacial score (nSPS) is 16.4. The van der Waals surface area contributed by atoms with Crippen molar-refractivity contribution in [2.24, 2.45) is 0 Å². The second-order valence-electron chi connectivity index (χ2n) is 3.15. The van der Waals surface area contributed by atoms with E-state index in [0.29, 0.717) is 5.11 Å². The van der Waals surface area contributed by atoms with Gasteiger partial charge in [-0.3, -0.25) is 21.0 Å². The minimum absolute atomic E-state index is 0.0502. The summed E-state index contributed by atoms with van der Waals surface area (Å²) in [7, 11) is 0. The molecule has 1 aliphatic rings. The molecule has 2 rings (SSSR count). The first-order valence-corrected chi connectivity index (χ1v) is 4.89. The SMILES string of the molecule is O=[N+]([O-])c1cccc(C2NNC(=S)NN2)c1. The van der Waals surface area contributed by atoms with Gasteiger partial charge >= 0.3 is 0 Å². The van der Waals surface area contributed by atoms with Crippen LogP contribution in [0.3, 0.4) is 0 Å². The van der Waals surface area contributed by atoms with Gasteiger partial charge in [0.2, 0.25) is 0 Å². The average molecular weight is 239 g/mol. The zero-order valence-electron chi connectivity index (χ0n) is 8.06. The molecule has 8 heteroatoms. The van der Waals surface area contributed by atoms with Gasteiger partial charge in [-0.1, -0.05) is 12.1 Å². The number of nitrogens with zero attached hydrogens (tertiary/aromatic N) is 1. The van der Waals surface area contributed by atoms with Gasteiger partial charge in [-0.05, 0) is 17.8 Å². The fourth-order valence-corrected chi connectivity index (χ4v) is 1.45. The summed E-state index contributed by atoms with van der Waals surface area (Å²) in [6.07, 6.45) is -0.286. The summed E-state index contributed by atoms with van der Waals surface area (Å²) in [5.41, 5.74) is 11.9. The number of non-ortho nitro benzene ring substituents is 1. The fourth-order valence-electron chi connectivity index (χ4n) is 1.33. The first kappa shape index (κ1) is 10.7. The number of thiocarbonyl (C=S) groups is 1. The maximum Gasteiger partial charge on any atom is 0.269 e. The lowest BCUT2D eigenvalue weighted by Crippen LogP contribution is -2.61. The number of nitro benzene ring substituents is 1. The number of nitro groups is 1. The largest absolute Gasteiger partial charge is 0.295 e. The van der Waals surface area contributed by atoms with Gasteiger partial charge in [-0.2, -0.15) is 0 Å². The van der Waals surface area contributed by atoms with E-state index in [1.165, 1.54) is 12.1 Å². The molecule has 0 aromatic heterocycles. The molecule has 0 spiro atoms. The molecule has 1 aliphatic heterocycles. The summed E-state index contributed by atoms with van der Waals surface area (Å²) in [5.74, 6) is 0. The summed E-state index contributed by atoms with van der Waals surface area (Å²) in [6, 6.07) is 6.33. The van der Waals surface area contributed by atoms with E-state index in [4.69, 9.17) is 12.2 Å². The Kier molecular flexibility index (Phi) is 2.95. The van der Waals surface area contributed by atoms with Crippen molar-refractivity contribution < 1.29 is 4.92 Å². The van der Waals surface area contributed by atoms with Crippen LogP contribution in [-0.2, 0) is 0 Å². The zero-order valence-corrected chi connectivity index (χ0v) is 8.88. The molecule has 0 radical (unpaired) electrons. The highest BCUT2D eigenvalue weighted by Gasteiger charge is 2.17. The Balaban J connectivity index is 2.17. The molecule has 1 saturated heterocycles. The monoisotopic (exact) mass is 239 g/mol. The van der Waals surface area contributed by atoms with Crippen molar-refractivity contribution in [3.8, 4) is 0 Å². The lowest BCUT2D eigenvalue weighted by atomic mass is 10.1. The molecule has 4 N–H and O–H groups in total. The lowest BCUT2D eigenvalue weighted by Gasteiger charge is -2.28. The fraction of sp³-hybridized carbons (Fsp3) is 0.125. The lowest BCUT2D eigenvalue weighted by molar-refractivity contribution is -0.384. The van der Waals surface area contributed by atoms with Crippen molar-refractivity contribution >= 4 is 23.0 Å². The van der Waals surface area contributed by atoms with E-state index in [9.17, 15) is 10.1 Å². The Morgan fingerprint density at radius 3 is 2.62 bits per heavy atom. The zero-order chi connectivity index (χ0) is 11.5. The van der Waals surface area contributed by atoms with Crippen molar-refractivity contribution in [1.29, 1.82) is 0 Å². The smallest absolute Gasteiger partial charge is 0.269 e. The molecule has 1 fully saturated rings. The molecular formula is C8H9N5O2S. The van der Waals surface area contributed by atoms with Gasteiger partial charge < -0.3 is 0 Å². The van der Waals surface area contributed by atoms with E-state index in [0.717, 1.165) is 5.56 Å². The quantitative estimate of drug-likeness (QED) is 0.330. The number of benzene rings is 1. The number of hydrogen-bond donors (Lipinski definition) is 4. The molecule has 0 amide bonds. The van der Waals surface area contributed by atoms with Gasteiger partial charge in [0.15, 0.2) is 5.11 Å². The standard InChI is InChI=1S/C8H9N5O2S/c14-13(15)6-3-1-2-5(4-6)7-9-11-8(16)12-10-7/h1-4,7,9-10H,(H2,11,12,16). The highest BCUT2D eigenvalue weighted by atomic mass is 32.1. The van der Waals surface area contributed by atoms with E-state index >= 15 is 0 Å². The van der Waals surface area contributed by atoms with Crippen molar-refractivity contribution in [2.45, 2.75) is 6.17 Å². The molecule has 0 aliphatic carbocycles. The number of hydrazine groups is 2. The van der Waals surface area contributed by atoms with Gasteiger partial charge in [-0.25, -0.2) is 10.9 Å². The Morgan fingerprint density at radius 1 is 1.31 bits per heavy atom. The predicted octanol–water partition coefficient (Wildman–Crippen LogP) is 0.0803. The molecule has 7 nitrogen and oxygen atoms in total. The van der Waals surface area contributed by atoms with Gasteiger partial charge in [0.05, 0.1) is 4.92 Å². The highest BCUT2D eigenvalue weighted by molar-refractivity contribution is 7.80. The van der Waals surface area contributed by atoms with Crippen molar-refractivity contribution in [1.82, 2.24) is 21.7 Å². The Hall–Kier alpha value is -1.77. The minimum Gasteiger partial charge on any atom is -0.295 e. The molecule has 16 heavy (non-hydrogen) atoms. The van der Waals surface area contributed by atoms with Crippen LogP contribution in [0.5, 0.6) is 0 Å². The summed E-state index contributed by atoms with van der Waals surface area (Å²) in [6.45, 7) is 0. The molecule has 1 heterocycles. The van der Waals surface area contributed by atoms with Crippen LogP contribution in [0.25, 0.3) is 0 Å². The third-order valence-corrected chi connectivity index (χ3v) is 2.28. The first-order valence-electron chi connectivity index (χ1n) is 4.48. The average Bonchev–Trinajstić information content (AvgIpc) is 2.30. The van der Waals surface area contributed by atoms with Gasteiger partial charge in [0.1, 0.15) is 6.17 Å². The van der Waals surface area contributed by atoms with E-state index in [-0.39, 0.29) is 11.9 Å². The predicted molar refractivity (Wildman–Crippen MR) is 61.0 cm³/mol. The van der Waals surface area contributed by atoms with E-state index in [2.05, 4.69) is 21.7 Å². The highest BCUT2D eigenvalue weighted by Crippen LogP contribution is 2.17. The van der Waals surface area contributed by atoms with Gasteiger partial charge in [0, 0.05) is 12.1 Å². The molecule has 0 bridgehead atoms. The summed E-state index contributed by atoms with van der Waals surface area (Å²) < 4.78 is 0. The second kappa shape index (κ2) is 4.39. The minimum atomic E-state index is -0.433. The van der Waals surface area contributed by atoms with Crippen LogP contribution in [0, 0.1) is 10.1 Å². The van der Waals surface area contributed by atoms with Gasteiger partial charge in [0.25, 0.3) is 5.69 Å². The number of hydrogen-bond acceptors (Lipinski definition) is 5. The van der Waals surface area contributed by atoms with Crippen LogP contribution < -0.4 is 21.7 Å². The van der Waals surface area contributed by atoms with Gasteiger partial charge in [-0.15, -0.1) is 0 Å².